The Balaban J connectivity index is 1.81. The molecule has 3 N–H and O–H groups in total. The number of hydrogen-bond donors (Lipinski definition) is 2. The number of rotatable bonds is 2. The molecule has 0 aliphatic carbocycles. The maximum Gasteiger partial charge on any atom is 0.236 e. The maximum absolute atomic E-state index is 12.4. The Kier molecular flexibility index (Phi) is 3.02. The van der Waals surface area contributed by atoms with Crippen LogP contribution >= 0.6 is 0 Å². The number of hydrogen-bond acceptors (Lipinski definition) is 4. The Hall–Kier alpha value is -2.56. The molecule has 1 amide bonds. The number of nitrogens with two attached hydrogens (primary N) is 1. The van der Waals surface area contributed by atoms with E-state index in [1.54, 1.807) is 6.07 Å². The minimum atomic E-state index is -0.301. The minimum absolute atomic E-state index is 0.115. The van der Waals surface area contributed by atoms with Gasteiger partial charge in [0.05, 0.1) is 11.9 Å². The molecule has 5 heteroatoms. The average Bonchev–Trinajstić information content (AvgIpc) is 2.86. The van der Waals surface area contributed by atoms with Crippen LogP contribution in [0.3, 0.4) is 0 Å². The predicted molar refractivity (Wildman–Crippen MR) is 76.7 cm³/mol. The number of aryl methyl sites for hydroxylation is 1. The molecular formula is C15H15N3O2. The summed E-state index contributed by atoms with van der Waals surface area (Å²) in [7, 11) is 0. The van der Waals surface area contributed by atoms with Crippen molar-refractivity contribution in [3.63, 3.8) is 0 Å². The fourth-order valence-corrected chi connectivity index (χ4v) is 2.31. The van der Waals surface area contributed by atoms with E-state index in [9.17, 15) is 4.79 Å². The molecule has 0 bridgehead atoms. The van der Waals surface area contributed by atoms with Gasteiger partial charge in [0.2, 0.25) is 5.91 Å². The van der Waals surface area contributed by atoms with E-state index in [2.05, 4.69) is 10.3 Å². The highest BCUT2D eigenvalue weighted by molar-refractivity contribution is 5.96. The predicted octanol–water partition coefficient (Wildman–Crippen LogP) is 2.09. The minimum Gasteiger partial charge on any atom is -0.492 e. The van der Waals surface area contributed by atoms with Gasteiger partial charge in [-0.1, -0.05) is 18.2 Å². The van der Waals surface area contributed by atoms with E-state index in [1.807, 2.05) is 31.2 Å². The summed E-state index contributed by atoms with van der Waals surface area (Å²) in [6, 6.07) is 9.36. The molecule has 1 aliphatic rings. The van der Waals surface area contributed by atoms with Gasteiger partial charge in [0.15, 0.2) is 0 Å². The van der Waals surface area contributed by atoms with Crippen LogP contribution in [0.5, 0.6) is 5.75 Å². The topological polar surface area (TPSA) is 77.2 Å². The Labute approximate surface area is 116 Å². The summed E-state index contributed by atoms with van der Waals surface area (Å²) in [6.07, 6.45) is 1.53. The summed E-state index contributed by atoms with van der Waals surface area (Å²) in [4.78, 5) is 16.5. The number of para-hydroxylation sites is 1. The average molecular weight is 269 g/mol. The second kappa shape index (κ2) is 4.85. The van der Waals surface area contributed by atoms with Crippen LogP contribution in [0.4, 0.5) is 11.5 Å². The number of nitrogen functional groups attached to an aromatic ring is 1. The fraction of sp³-hybridized carbons (Fsp3) is 0.200. The number of aromatic nitrogens is 1. The van der Waals surface area contributed by atoms with E-state index in [0.29, 0.717) is 18.1 Å². The highest BCUT2D eigenvalue weighted by Crippen LogP contribution is 2.34. The van der Waals surface area contributed by atoms with Crippen molar-refractivity contribution in [2.45, 2.75) is 12.8 Å². The highest BCUT2D eigenvalue weighted by Gasteiger charge is 2.30. The van der Waals surface area contributed by atoms with Gasteiger partial charge < -0.3 is 15.8 Å². The zero-order valence-corrected chi connectivity index (χ0v) is 11.1. The van der Waals surface area contributed by atoms with Gasteiger partial charge in [-0.2, -0.15) is 0 Å². The largest absolute Gasteiger partial charge is 0.492 e. The van der Waals surface area contributed by atoms with Crippen molar-refractivity contribution >= 4 is 17.4 Å². The lowest BCUT2D eigenvalue weighted by Crippen LogP contribution is -2.23. The first-order valence-electron chi connectivity index (χ1n) is 6.40. The summed E-state index contributed by atoms with van der Waals surface area (Å²) in [5.41, 5.74) is 7.98. The van der Waals surface area contributed by atoms with E-state index in [1.165, 1.54) is 6.20 Å². The Morgan fingerprint density at radius 3 is 3.05 bits per heavy atom. The van der Waals surface area contributed by atoms with Gasteiger partial charge in [-0.25, -0.2) is 4.98 Å². The van der Waals surface area contributed by atoms with E-state index in [0.717, 1.165) is 16.9 Å². The van der Waals surface area contributed by atoms with E-state index < -0.39 is 0 Å². The first-order valence-corrected chi connectivity index (χ1v) is 6.40. The number of ether oxygens (including phenoxy) is 1. The molecule has 1 aromatic carbocycles. The molecule has 1 aromatic heterocycles. The van der Waals surface area contributed by atoms with Crippen LogP contribution in [0.25, 0.3) is 0 Å². The smallest absolute Gasteiger partial charge is 0.236 e. The standard InChI is InChI=1S/C15H15N3O2/c1-9-6-10(16)7-17-14(9)18-15(19)12-8-20-13-5-3-2-4-11(12)13/h2-7,12H,8,16H2,1H3,(H,17,18,19). The van der Waals surface area contributed by atoms with Crippen molar-refractivity contribution in [3.8, 4) is 5.75 Å². The third-order valence-electron chi connectivity index (χ3n) is 3.36. The van der Waals surface area contributed by atoms with Crippen molar-refractivity contribution in [3.05, 3.63) is 47.7 Å². The van der Waals surface area contributed by atoms with Crippen molar-refractivity contribution in [2.75, 3.05) is 17.7 Å². The quantitative estimate of drug-likeness (QED) is 0.875. The van der Waals surface area contributed by atoms with Crippen molar-refractivity contribution in [1.29, 1.82) is 0 Å². The third-order valence-corrected chi connectivity index (χ3v) is 3.36. The van der Waals surface area contributed by atoms with Crippen LogP contribution in [-0.4, -0.2) is 17.5 Å². The molecule has 0 fully saturated rings. The molecule has 0 radical (unpaired) electrons. The highest BCUT2D eigenvalue weighted by atomic mass is 16.5. The van der Waals surface area contributed by atoms with E-state index in [-0.39, 0.29) is 11.8 Å². The molecule has 0 saturated carbocycles. The molecule has 2 aromatic rings. The molecule has 1 atom stereocenters. The van der Waals surface area contributed by atoms with Gasteiger partial charge >= 0.3 is 0 Å². The molecule has 20 heavy (non-hydrogen) atoms. The van der Waals surface area contributed by atoms with Crippen LogP contribution in [0.2, 0.25) is 0 Å². The second-order valence-corrected chi connectivity index (χ2v) is 4.82. The maximum atomic E-state index is 12.4. The summed E-state index contributed by atoms with van der Waals surface area (Å²) in [6.45, 7) is 2.22. The van der Waals surface area contributed by atoms with Gasteiger partial charge in [0.1, 0.15) is 24.1 Å². The zero-order chi connectivity index (χ0) is 14.1. The lowest BCUT2D eigenvalue weighted by Gasteiger charge is -2.11. The summed E-state index contributed by atoms with van der Waals surface area (Å²) in [5, 5.41) is 2.83. The normalized spacial score (nSPS) is 16.4. The van der Waals surface area contributed by atoms with Crippen LogP contribution in [-0.2, 0) is 4.79 Å². The van der Waals surface area contributed by atoms with Gasteiger partial charge in [0.25, 0.3) is 0 Å². The number of fused-ring (bicyclic) bond motifs is 1. The summed E-state index contributed by atoms with van der Waals surface area (Å²) in [5.74, 6) is 0.892. The number of pyridine rings is 1. The molecule has 0 spiro atoms. The number of carbonyl (C=O) groups is 1. The van der Waals surface area contributed by atoms with Gasteiger partial charge in [-0.05, 0) is 24.6 Å². The van der Waals surface area contributed by atoms with Gasteiger partial charge in [-0.3, -0.25) is 4.79 Å². The Morgan fingerprint density at radius 1 is 1.45 bits per heavy atom. The number of benzene rings is 1. The molecule has 2 heterocycles. The van der Waals surface area contributed by atoms with Crippen LogP contribution in [0, 0.1) is 6.92 Å². The molecular weight excluding hydrogens is 254 g/mol. The second-order valence-electron chi connectivity index (χ2n) is 4.82. The van der Waals surface area contributed by atoms with E-state index >= 15 is 0 Å². The number of carbonyl (C=O) groups excluding carboxylic acids is 1. The Bertz CT molecular complexity index is 670. The zero-order valence-electron chi connectivity index (χ0n) is 11.1. The SMILES string of the molecule is Cc1cc(N)cnc1NC(=O)C1COc2ccccc21. The van der Waals surface area contributed by atoms with Crippen molar-refractivity contribution < 1.29 is 9.53 Å². The summed E-state index contributed by atoms with van der Waals surface area (Å²) >= 11 is 0. The van der Waals surface area contributed by atoms with Crippen LogP contribution < -0.4 is 15.8 Å². The monoisotopic (exact) mass is 269 g/mol. The third kappa shape index (κ3) is 2.18. The van der Waals surface area contributed by atoms with Crippen molar-refractivity contribution in [2.24, 2.45) is 0 Å². The Morgan fingerprint density at radius 2 is 2.25 bits per heavy atom. The van der Waals surface area contributed by atoms with Crippen LogP contribution in [0.1, 0.15) is 17.0 Å². The fourth-order valence-electron chi connectivity index (χ4n) is 2.31. The number of amides is 1. The number of nitrogens with zero attached hydrogens (tertiary/aromatic N) is 1. The van der Waals surface area contributed by atoms with Crippen molar-refractivity contribution in [1.82, 2.24) is 4.98 Å². The lowest BCUT2D eigenvalue weighted by molar-refractivity contribution is -0.117. The van der Waals surface area contributed by atoms with Gasteiger partial charge in [0, 0.05) is 5.56 Å². The molecule has 0 saturated heterocycles. The molecule has 102 valence electrons. The first kappa shape index (κ1) is 12.5. The summed E-state index contributed by atoms with van der Waals surface area (Å²) < 4.78 is 5.52. The molecule has 1 unspecified atom stereocenters. The molecule has 5 nitrogen and oxygen atoms in total. The van der Waals surface area contributed by atoms with E-state index in [4.69, 9.17) is 10.5 Å². The number of nitrogens with one attached hydrogen (secondary N) is 1. The number of anilines is 2. The molecule has 1 aliphatic heterocycles. The molecule has 3 rings (SSSR count). The lowest BCUT2D eigenvalue weighted by atomic mass is 10.0. The van der Waals surface area contributed by atoms with Gasteiger partial charge in [-0.15, -0.1) is 0 Å². The first-order chi connectivity index (χ1) is 9.65. The van der Waals surface area contributed by atoms with Crippen LogP contribution in [0.15, 0.2) is 36.5 Å².